The maximum absolute atomic E-state index is 12.6. The summed E-state index contributed by atoms with van der Waals surface area (Å²) in [6.07, 6.45) is 1.65. The minimum absolute atomic E-state index is 0.00204. The van der Waals surface area contributed by atoms with Gasteiger partial charge in [-0.2, -0.15) is 0 Å². The molecule has 1 aromatic rings. The average molecular weight is 289 g/mol. The largest absolute Gasteiger partial charge is 0.373 e. The Bertz CT molecular complexity index is 528. The van der Waals surface area contributed by atoms with Crippen LogP contribution in [0.15, 0.2) is 24.3 Å². The van der Waals surface area contributed by atoms with Gasteiger partial charge < -0.3 is 15.1 Å². The number of nitrogens with zero attached hydrogens (tertiary/aromatic N) is 2. The van der Waals surface area contributed by atoms with Crippen LogP contribution in [-0.4, -0.2) is 54.8 Å². The quantitative estimate of drug-likeness (QED) is 0.910. The SMILES string of the molecule is CCN(CC(=O)N(C)C)C(=O)C1CCc2ccccc2N1. The van der Waals surface area contributed by atoms with E-state index in [0.29, 0.717) is 6.54 Å². The van der Waals surface area contributed by atoms with Gasteiger partial charge in [0.05, 0.1) is 6.54 Å². The predicted octanol–water partition coefficient (Wildman–Crippen LogP) is 1.35. The number of rotatable bonds is 4. The lowest BCUT2D eigenvalue weighted by Gasteiger charge is -2.31. The van der Waals surface area contributed by atoms with Gasteiger partial charge in [0.25, 0.3) is 0 Å². The standard InChI is InChI=1S/C16H23N3O2/c1-4-19(11-15(20)18(2)3)16(21)14-10-9-12-7-5-6-8-13(12)17-14/h5-8,14,17H,4,9-11H2,1-3H3. The molecule has 0 aromatic heterocycles. The van der Waals surface area contributed by atoms with Crippen LogP contribution < -0.4 is 5.32 Å². The molecule has 0 fully saturated rings. The van der Waals surface area contributed by atoms with Crippen LogP contribution in [0.25, 0.3) is 0 Å². The first-order valence-electron chi connectivity index (χ1n) is 7.36. The number of likely N-dealkylation sites (N-methyl/N-ethyl adjacent to an activating group) is 2. The van der Waals surface area contributed by atoms with Crippen LogP contribution in [0.1, 0.15) is 18.9 Å². The van der Waals surface area contributed by atoms with E-state index in [9.17, 15) is 9.59 Å². The van der Waals surface area contributed by atoms with Crippen molar-refractivity contribution in [3.8, 4) is 0 Å². The molecular weight excluding hydrogens is 266 g/mol. The molecule has 2 rings (SSSR count). The van der Waals surface area contributed by atoms with Crippen LogP contribution >= 0.6 is 0 Å². The number of para-hydroxylation sites is 1. The average Bonchev–Trinajstić information content (AvgIpc) is 2.51. The Kier molecular flexibility index (Phi) is 4.83. The van der Waals surface area contributed by atoms with Crippen LogP contribution in [0, 0.1) is 0 Å². The molecule has 2 amide bonds. The number of fused-ring (bicyclic) bond motifs is 1. The second-order valence-corrected chi connectivity index (χ2v) is 5.53. The number of hydrogen-bond donors (Lipinski definition) is 1. The minimum atomic E-state index is -0.241. The first kappa shape index (κ1) is 15.4. The van der Waals surface area contributed by atoms with Gasteiger partial charge >= 0.3 is 0 Å². The third-order valence-corrected chi connectivity index (χ3v) is 3.87. The fourth-order valence-electron chi connectivity index (χ4n) is 2.49. The number of nitrogens with one attached hydrogen (secondary N) is 1. The lowest BCUT2D eigenvalue weighted by molar-refractivity contribution is -0.139. The van der Waals surface area contributed by atoms with Gasteiger partial charge in [-0.15, -0.1) is 0 Å². The Labute approximate surface area is 125 Å². The van der Waals surface area contributed by atoms with Crippen LogP contribution in [0.4, 0.5) is 5.69 Å². The number of carbonyl (C=O) groups is 2. The number of carbonyl (C=O) groups excluding carboxylic acids is 2. The van der Waals surface area contributed by atoms with Gasteiger partial charge in [-0.1, -0.05) is 18.2 Å². The highest BCUT2D eigenvalue weighted by atomic mass is 16.2. The fraction of sp³-hybridized carbons (Fsp3) is 0.500. The molecule has 5 heteroatoms. The zero-order valence-corrected chi connectivity index (χ0v) is 12.9. The molecule has 114 valence electrons. The second kappa shape index (κ2) is 6.61. The Balaban J connectivity index is 2.04. The van der Waals surface area contributed by atoms with Crippen molar-refractivity contribution in [3.63, 3.8) is 0 Å². The van der Waals surface area contributed by atoms with E-state index in [-0.39, 0.29) is 24.4 Å². The molecule has 1 aromatic carbocycles. The highest BCUT2D eigenvalue weighted by Gasteiger charge is 2.28. The summed E-state index contributed by atoms with van der Waals surface area (Å²) in [4.78, 5) is 27.5. The number of aryl methyl sites for hydroxylation is 1. The molecule has 1 atom stereocenters. The molecular formula is C16H23N3O2. The van der Waals surface area contributed by atoms with Crippen molar-refractivity contribution in [2.75, 3.05) is 32.5 Å². The van der Waals surface area contributed by atoms with Gasteiger partial charge in [0, 0.05) is 26.3 Å². The van der Waals surface area contributed by atoms with E-state index in [1.54, 1.807) is 19.0 Å². The van der Waals surface area contributed by atoms with Crippen molar-refractivity contribution in [2.24, 2.45) is 0 Å². The van der Waals surface area contributed by atoms with Gasteiger partial charge in [0.15, 0.2) is 0 Å². The molecule has 1 N–H and O–H groups in total. The minimum Gasteiger partial charge on any atom is -0.373 e. The van der Waals surface area contributed by atoms with E-state index in [4.69, 9.17) is 0 Å². The van der Waals surface area contributed by atoms with Gasteiger partial charge in [-0.3, -0.25) is 9.59 Å². The number of hydrogen-bond acceptors (Lipinski definition) is 3. The summed E-state index contributed by atoms with van der Waals surface area (Å²) in [6, 6.07) is 7.81. The summed E-state index contributed by atoms with van der Waals surface area (Å²) in [5.74, 6) is -0.0522. The van der Waals surface area contributed by atoms with E-state index in [1.165, 1.54) is 10.5 Å². The number of anilines is 1. The van der Waals surface area contributed by atoms with Crippen LogP contribution in [0.2, 0.25) is 0 Å². The molecule has 1 aliphatic heterocycles. The zero-order chi connectivity index (χ0) is 15.4. The Morgan fingerprint density at radius 1 is 1.29 bits per heavy atom. The monoisotopic (exact) mass is 289 g/mol. The maximum Gasteiger partial charge on any atom is 0.245 e. The molecule has 21 heavy (non-hydrogen) atoms. The van der Waals surface area contributed by atoms with Crippen molar-refractivity contribution in [2.45, 2.75) is 25.8 Å². The molecule has 0 spiro atoms. The highest BCUT2D eigenvalue weighted by Crippen LogP contribution is 2.25. The Hall–Kier alpha value is -2.04. The Morgan fingerprint density at radius 2 is 2.00 bits per heavy atom. The van der Waals surface area contributed by atoms with Gasteiger partial charge in [0.2, 0.25) is 11.8 Å². The predicted molar refractivity (Wildman–Crippen MR) is 83.1 cm³/mol. The summed E-state index contributed by atoms with van der Waals surface area (Å²) >= 11 is 0. The third kappa shape index (κ3) is 3.54. The lowest BCUT2D eigenvalue weighted by atomic mass is 9.97. The second-order valence-electron chi connectivity index (χ2n) is 5.53. The van der Waals surface area contributed by atoms with E-state index >= 15 is 0 Å². The van der Waals surface area contributed by atoms with Crippen molar-refractivity contribution < 1.29 is 9.59 Å². The topological polar surface area (TPSA) is 52.7 Å². The summed E-state index contributed by atoms with van der Waals surface area (Å²) in [5.41, 5.74) is 2.27. The van der Waals surface area contributed by atoms with Crippen molar-refractivity contribution in [3.05, 3.63) is 29.8 Å². The van der Waals surface area contributed by atoms with E-state index in [1.807, 2.05) is 25.1 Å². The molecule has 1 heterocycles. The first-order chi connectivity index (χ1) is 10.0. The summed E-state index contributed by atoms with van der Waals surface area (Å²) in [7, 11) is 3.41. The smallest absolute Gasteiger partial charge is 0.245 e. The third-order valence-electron chi connectivity index (χ3n) is 3.87. The lowest BCUT2D eigenvalue weighted by Crippen LogP contribution is -2.48. The molecule has 1 unspecified atom stereocenters. The molecule has 0 saturated carbocycles. The molecule has 0 radical (unpaired) electrons. The summed E-state index contributed by atoms with van der Waals surface area (Å²) in [6.45, 7) is 2.58. The van der Waals surface area contributed by atoms with Gasteiger partial charge in [0.1, 0.15) is 6.04 Å². The van der Waals surface area contributed by atoms with Crippen molar-refractivity contribution in [1.82, 2.24) is 9.80 Å². The van der Waals surface area contributed by atoms with Crippen LogP contribution in [0.5, 0.6) is 0 Å². The Morgan fingerprint density at radius 3 is 2.67 bits per heavy atom. The maximum atomic E-state index is 12.6. The van der Waals surface area contributed by atoms with Crippen LogP contribution in [-0.2, 0) is 16.0 Å². The normalized spacial score (nSPS) is 16.6. The molecule has 5 nitrogen and oxygen atoms in total. The molecule has 0 saturated heterocycles. The van der Waals surface area contributed by atoms with Crippen LogP contribution in [0.3, 0.4) is 0 Å². The molecule has 0 bridgehead atoms. The van der Waals surface area contributed by atoms with E-state index in [2.05, 4.69) is 11.4 Å². The number of benzene rings is 1. The van der Waals surface area contributed by atoms with Gasteiger partial charge in [-0.05, 0) is 31.4 Å². The van der Waals surface area contributed by atoms with E-state index in [0.717, 1.165) is 18.5 Å². The zero-order valence-electron chi connectivity index (χ0n) is 12.9. The van der Waals surface area contributed by atoms with E-state index < -0.39 is 0 Å². The fourth-order valence-corrected chi connectivity index (χ4v) is 2.49. The van der Waals surface area contributed by atoms with Gasteiger partial charge in [-0.25, -0.2) is 0 Å². The van der Waals surface area contributed by atoms with Crippen molar-refractivity contribution >= 4 is 17.5 Å². The molecule has 1 aliphatic rings. The summed E-state index contributed by atoms with van der Waals surface area (Å²) in [5, 5.41) is 3.30. The first-order valence-corrected chi connectivity index (χ1v) is 7.36. The highest BCUT2D eigenvalue weighted by molar-refractivity contribution is 5.89. The van der Waals surface area contributed by atoms with Crippen molar-refractivity contribution in [1.29, 1.82) is 0 Å². The molecule has 0 aliphatic carbocycles. The number of amides is 2. The summed E-state index contributed by atoms with van der Waals surface area (Å²) < 4.78 is 0.